The fraction of sp³-hybridized carbons (Fsp3) is 0.769. The highest BCUT2D eigenvalue weighted by molar-refractivity contribution is 5.23. The highest BCUT2D eigenvalue weighted by Gasteiger charge is 2.24. The van der Waals surface area contributed by atoms with Crippen LogP contribution in [-0.2, 0) is 22.4 Å². The molecule has 0 amide bonds. The molecule has 1 aromatic rings. The van der Waals surface area contributed by atoms with Crippen LogP contribution in [0.3, 0.4) is 0 Å². The number of piperidine rings is 1. The average molecular weight is 419 g/mol. The monoisotopic (exact) mass is 418 g/mol. The van der Waals surface area contributed by atoms with Gasteiger partial charge in [-0.15, -0.1) is 0 Å². The van der Waals surface area contributed by atoms with E-state index in [1.807, 2.05) is 0 Å². The zero-order chi connectivity index (χ0) is 22.0. The second-order valence-electron chi connectivity index (χ2n) is 10.8. The summed E-state index contributed by atoms with van der Waals surface area (Å²) in [6, 6.07) is 8.93. The van der Waals surface area contributed by atoms with Crippen LogP contribution in [0.25, 0.3) is 0 Å². The van der Waals surface area contributed by atoms with Gasteiger partial charge in [0, 0.05) is 38.4 Å². The van der Waals surface area contributed by atoms with Gasteiger partial charge >= 0.3 is 0 Å². The van der Waals surface area contributed by atoms with E-state index in [2.05, 4.69) is 76.0 Å². The third-order valence-corrected chi connectivity index (χ3v) is 5.31. The Labute approximate surface area is 185 Å². The Kier molecular flexibility index (Phi) is 10.3. The van der Waals surface area contributed by atoms with Crippen molar-refractivity contribution in [3.05, 3.63) is 35.4 Å². The van der Waals surface area contributed by atoms with Crippen LogP contribution in [0.1, 0.15) is 78.4 Å². The molecule has 1 aromatic carbocycles. The molecule has 0 radical (unpaired) electrons. The summed E-state index contributed by atoms with van der Waals surface area (Å²) in [6.07, 6.45) is 6.09. The maximum Gasteiger partial charge on any atom is 0.0709 e. The third kappa shape index (κ3) is 11.5. The molecule has 1 unspecified atom stereocenters. The number of likely N-dealkylation sites (tertiary alicyclic amines) is 1. The number of rotatable bonds is 11. The Hall–Kier alpha value is -0.940. The van der Waals surface area contributed by atoms with Crippen molar-refractivity contribution in [3.8, 4) is 0 Å². The number of hydrogen-bond donors (Lipinski definition) is 1. The second-order valence-corrected chi connectivity index (χ2v) is 10.8. The summed E-state index contributed by atoms with van der Waals surface area (Å²) in [5.74, 6) is 0. The van der Waals surface area contributed by atoms with Crippen LogP contribution < -0.4 is 5.32 Å². The van der Waals surface area contributed by atoms with Gasteiger partial charge in [0.1, 0.15) is 0 Å². The highest BCUT2D eigenvalue weighted by Crippen LogP contribution is 2.19. The van der Waals surface area contributed by atoms with Crippen molar-refractivity contribution in [3.63, 3.8) is 0 Å². The first-order chi connectivity index (χ1) is 14.1. The van der Waals surface area contributed by atoms with Crippen LogP contribution in [0.15, 0.2) is 24.3 Å². The molecule has 1 fully saturated rings. The number of nitrogens with one attached hydrogen (secondary N) is 1. The van der Waals surface area contributed by atoms with Gasteiger partial charge in [0.15, 0.2) is 0 Å². The number of nitrogens with zero attached hydrogens (tertiary/aromatic N) is 1. The molecule has 0 spiro atoms. The Morgan fingerprint density at radius 2 is 1.77 bits per heavy atom. The Balaban J connectivity index is 1.55. The van der Waals surface area contributed by atoms with E-state index >= 15 is 0 Å². The zero-order valence-corrected chi connectivity index (χ0v) is 20.4. The van der Waals surface area contributed by atoms with Crippen molar-refractivity contribution >= 4 is 0 Å². The van der Waals surface area contributed by atoms with Crippen molar-refractivity contribution in [2.75, 3.05) is 32.8 Å². The van der Waals surface area contributed by atoms with Crippen LogP contribution in [-0.4, -0.2) is 55.0 Å². The predicted molar refractivity (Wildman–Crippen MR) is 127 cm³/mol. The summed E-state index contributed by atoms with van der Waals surface area (Å²) in [4.78, 5) is 2.54. The van der Waals surface area contributed by atoms with Crippen LogP contribution in [0.5, 0.6) is 0 Å². The van der Waals surface area contributed by atoms with Gasteiger partial charge < -0.3 is 19.7 Å². The van der Waals surface area contributed by atoms with Crippen LogP contribution in [0.2, 0.25) is 0 Å². The molecule has 4 nitrogen and oxygen atoms in total. The van der Waals surface area contributed by atoms with Crippen molar-refractivity contribution in [2.45, 2.75) is 97.4 Å². The van der Waals surface area contributed by atoms with Crippen molar-refractivity contribution in [1.82, 2.24) is 10.2 Å². The third-order valence-electron chi connectivity index (χ3n) is 5.31. The second kappa shape index (κ2) is 12.2. The lowest BCUT2D eigenvalue weighted by molar-refractivity contribution is -0.0866. The topological polar surface area (TPSA) is 33.7 Å². The maximum absolute atomic E-state index is 6.17. The quantitative estimate of drug-likeness (QED) is 0.501. The van der Waals surface area contributed by atoms with Crippen LogP contribution in [0.4, 0.5) is 0 Å². The molecule has 0 aliphatic carbocycles. The Bertz CT molecular complexity index is 604. The minimum absolute atomic E-state index is 0.0423. The first kappa shape index (κ1) is 25.3. The van der Waals surface area contributed by atoms with E-state index in [-0.39, 0.29) is 11.1 Å². The van der Waals surface area contributed by atoms with E-state index in [0.29, 0.717) is 6.10 Å². The molecule has 0 aromatic heterocycles. The smallest absolute Gasteiger partial charge is 0.0709 e. The van der Waals surface area contributed by atoms with Gasteiger partial charge in [-0.05, 0) is 91.3 Å². The molecular formula is C26H46N2O2. The standard InChI is InChI=1S/C26H46N2O2/c1-25(2,3)27-20-23-12-7-11-22(19-23)13-9-17-29-18-10-16-28-15-8-14-24(21-28)30-26(4,5)6/h7,11-12,19,24,27H,8-10,13-18,20-21H2,1-6H3. The van der Waals surface area contributed by atoms with Gasteiger partial charge in [0.2, 0.25) is 0 Å². The highest BCUT2D eigenvalue weighted by atomic mass is 16.5. The van der Waals surface area contributed by atoms with Crippen molar-refractivity contribution in [2.24, 2.45) is 0 Å². The van der Waals surface area contributed by atoms with E-state index in [1.54, 1.807) is 0 Å². The van der Waals surface area contributed by atoms with Gasteiger partial charge in [0.25, 0.3) is 0 Å². The lowest BCUT2D eigenvalue weighted by Gasteiger charge is -2.36. The summed E-state index contributed by atoms with van der Waals surface area (Å²) < 4.78 is 12.1. The summed E-state index contributed by atoms with van der Waals surface area (Å²) in [7, 11) is 0. The van der Waals surface area contributed by atoms with E-state index < -0.39 is 0 Å². The van der Waals surface area contributed by atoms with E-state index in [0.717, 1.165) is 52.1 Å². The largest absolute Gasteiger partial charge is 0.381 e. The summed E-state index contributed by atoms with van der Waals surface area (Å²) in [5.41, 5.74) is 2.88. The summed E-state index contributed by atoms with van der Waals surface area (Å²) >= 11 is 0. The van der Waals surface area contributed by atoms with Crippen molar-refractivity contribution in [1.29, 1.82) is 0 Å². The lowest BCUT2D eigenvalue weighted by Crippen LogP contribution is -2.43. The van der Waals surface area contributed by atoms with E-state index in [1.165, 1.54) is 30.5 Å². The van der Waals surface area contributed by atoms with Gasteiger partial charge in [-0.3, -0.25) is 0 Å². The number of ether oxygens (including phenoxy) is 2. The molecule has 172 valence electrons. The van der Waals surface area contributed by atoms with Crippen molar-refractivity contribution < 1.29 is 9.47 Å². The fourth-order valence-electron chi connectivity index (χ4n) is 3.95. The van der Waals surface area contributed by atoms with E-state index in [9.17, 15) is 0 Å². The minimum atomic E-state index is -0.0423. The maximum atomic E-state index is 6.17. The normalized spacial score (nSPS) is 18.7. The molecule has 0 bridgehead atoms. The molecule has 1 N–H and O–H groups in total. The molecule has 30 heavy (non-hydrogen) atoms. The molecule has 0 saturated carbocycles. The van der Waals surface area contributed by atoms with Gasteiger partial charge in [-0.2, -0.15) is 0 Å². The van der Waals surface area contributed by atoms with Gasteiger partial charge in [-0.25, -0.2) is 0 Å². The first-order valence-corrected chi connectivity index (χ1v) is 11.9. The van der Waals surface area contributed by atoms with Gasteiger partial charge in [-0.1, -0.05) is 24.3 Å². The SMILES string of the molecule is CC(C)(C)NCc1cccc(CCCOCCCN2CCCC(OC(C)(C)C)C2)c1. The molecule has 1 heterocycles. The fourth-order valence-corrected chi connectivity index (χ4v) is 3.95. The van der Waals surface area contributed by atoms with Crippen LogP contribution in [0, 0.1) is 0 Å². The predicted octanol–water partition coefficient (Wildman–Crippen LogP) is 5.19. The molecule has 1 atom stereocenters. The number of aryl methyl sites for hydroxylation is 1. The Morgan fingerprint density at radius 1 is 1.03 bits per heavy atom. The van der Waals surface area contributed by atoms with E-state index in [4.69, 9.17) is 9.47 Å². The van der Waals surface area contributed by atoms with Gasteiger partial charge in [0.05, 0.1) is 11.7 Å². The average Bonchev–Trinajstić information content (AvgIpc) is 2.64. The lowest BCUT2D eigenvalue weighted by atomic mass is 10.0. The zero-order valence-electron chi connectivity index (χ0n) is 20.4. The molecule has 2 rings (SSSR count). The van der Waals surface area contributed by atoms with Crippen LogP contribution >= 0.6 is 0 Å². The summed E-state index contributed by atoms with van der Waals surface area (Å²) in [6.45, 7) is 19.1. The molecule has 1 aliphatic rings. The molecule has 1 saturated heterocycles. The first-order valence-electron chi connectivity index (χ1n) is 11.9. The summed E-state index contributed by atoms with van der Waals surface area (Å²) in [5, 5.41) is 3.56. The Morgan fingerprint density at radius 3 is 2.50 bits per heavy atom. The molecule has 1 aliphatic heterocycles. The molecule has 4 heteroatoms. The molecular weight excluding hydrogens is 372 g/mol. The minimum Gasteiger partial charge on any atom is -0.381 e. The number of benzene rings is 1. The number of hydrogen-bond acceptors (Lipinski definition) is 4.